The highest BCUT2D eigenvalue weighted by Gasteiger charge is 2.40. The molecule has 0 radical (unpaired) electrons. The maximum Gasteiger partial charge on any atom is 0.406 e. The molecule has 6 heterocycles. The summed E-state index contributed by atoms with van der Waals surface area (Å²) in [6.07, 6.45) is -1.92. The molecule has 13 nitrogen and oxygen atoms in total. The fourth-order valence-corrected chi connectivity index (χ4v) is 10.9. The van der Waals surface area contributed by atoms with Gasteiger partial charge in [0, 0.05) is 59.7 Å². The Morgan fingerprint density at radius 3 is 2.35 bits per heavy atom. The highest BCUT2D eigenvalue weighted by Crippen LogP contribution is 2.43. The van der Waals surface area contributed by atoms with Crippen LogP contribution in [0.2, 0.25) is 0 Å². The van der Waals surface area contributed by atoms with E-state index in [9.17, 15) is 27.6 Å². The molecule has 3 aliphatic rings. The van der Waals surface area contributed by atoms with Crippen LogP contribution < -0.4 is 10.7 Å². The predicted octanol–water partition coefficient (Wildman–Crippen LogP) is 9.32. The number of carbonyl (C=O) groups excluding carboxylic acids is 3. The smallest absolute Gasteiger partial charge is 0.406 e. The number of ether oxygens (including phenoxy) is 2. The van der Waals surface area contributed by atoms with Gasteiger partial charge in [-0.25, -0.2) is 10.4 Å². The lowest BCUT2D eigenvalue weighted by Crippen LogP contribution is -2.61. The third-order valence-electron chi connectivity index (χ3n) is 14.0. The van der Waals surface area contributed by atoms with Crippen molar-refractivity contribution in [2.45, 2.75) is 110 Å². The molecule has 3 aromatic heterocycles. The molecule has 2 fully saturated rings. The molecular formula is C55H63F3N8O5S. The van der Waals surface area contributed by atoms with Gasteiger partial charge in [0.2, 0.25) is 5.91 Å². The quantitative estimate of drug-likeness (QED) is 0.114. The number of likely N-dealkylation sites (tertiary alicyclic amines) is 1. The Morgan fingerprint density at radius 2 is 1.68 bits per heavy atom. The number of fused-ring (bicyclic) bond motifs is 6. The Kier molecular flexibility index (Phi) is 15.0. The number of rotatable bonds is 12. The minimum atomic E-state index is -4.55. The second-order valence-electron chi connectivity index (χ2n) is 20.9. The standard InChI is InChI=1S/C55H63F3N8O5S/c1-33(2)42(30-70-38-28-64(29-38)48(35-15-9-7-10-16-35)36-17-11-8-12-18-36)50(67)60-44-26-46-61-51(72-63-46)37-21-22-45-40(25-37)41(27-54(5,6)32-71-53(69)43-20-14-24-66(62-43)52(44)68)49(65(45)31-55(56,57)58)39-19-13-23-59-47(39)34(3)4/h7-13,15-19,21-23,25,33-34,38,42-44,48,62H,14,20,24,26-32H2,1-6H3,(H,60,67)/t42-,43-,44-/m0/s1. The number of nitrogens with one attached hydrogen (secondary N) is 2. The Balaban J connectivity index is 1.01. The lowest BCUT2D eigenvalue weighted by Gasteiger charge is -2.45. The van der Waals surface area contributed by atoms with Crippen LogP contribution in [-0.4, -0.2) is 104 Å². The normalized spacial score (nSPS) is 19.6. The molecule has 9 rings (SSSR count). The van der Waals surface area contributed by atoms with Gasteiger partial charge in [-0.3, -0.25) is 29.3 Å². The van der Waals surface area contributed by atoms with E-state index in [-0.39, 0.29) is 62.5 Å². The highest BCUT2D eigenvalue weighted by molar-refractivity contribution is 7.09. The minimum Gasteiger partial charge on any atom is -0.464 e. The summed E-state index contributed by atoms with van der Waals surface area (Å²) < 4.78 is 62.4. The molecule has 0 aliphatic carbocycles. The number of hydrazine groups is 1. The van der Waals surface area contributed by atoms with E-state index in [0.717, 1.165) is 11.5 Å². The van der Waals surface area contributed by atoms with Gasteiger partial charge in [-0.05, 0) is 89.7 Å². The summed E-state index contributed by atoms with van der Waals surface area (Å²) in [5.41, 5.74) is 8.05. The molecule has 6 bridgehead atoms. The number of esters is 1. The zero-order chi connectivity index (χ0) is 50.9. The van der Waals surface area contributed by atoms with Crippen LogP contribution in [0.1, 0.15) is 94.6 Å². The van der Waals surface area contributed by atoms with Crippen LogP contribution >= 0.6 is 11.5 Å². The fourth-order valence-electron chi connectivity index (χ4n) is 10.3. The maximum absolute atomic E-state index is 14.6. The van der Waals surface area contributed by atoms with Gasteiger partial charge < -0.3 is 19.4 Å². The first-order chi connectivity index (χ1) is 34.4. The molecule has 17 heteroatoms. The first kappa shape index (κ1) is 50.9. The summed E-state index contributed by atoms with van der Waals surface area (Å²) >= 11 is 1.11. The SMILES string of the molecule is CC(C)c1ncccc1-c1c2c3cc(ccc3n1CC(F)(F)F)-c1nc(ns1)C[C@H](NC(=O)[C@@H](COC1CN(C(c3ccccc3)c3ccccc3)C1)C(C)C)C(=O)N1CCC[C@H](N1)C(=O)OCC(C)(C)C2. The van der Waals surface area contributed by atoms with Gasteiger partial charge in [-0.2, -0.15) is 17.5 Å². The molecule has 0 spiro atoms. The number of halogens is 3. The maximum atomic E-state index is 14.6. The molecular weight excluding hydrogens is 942 g/mol. The van der Waals surface area contributed by atoms with E-state index in [1.54, 1.807) is 24.4 Å². The number of carbonyl (C=O) groups is 3. The molecule has 2 N–H and O–H groups in total. The predicted molar refractivity (Wildman–Crippen MR) is 271 cm³/mol. The third kappa shape index (κ3) is 11.3. The third-order valence-corrected chi connectivity index (χ3v) is 14.8. The molecule has 380 valence electrons. The van der Waals surface area contributed by atoms with Crippen molar-refractivity contribution in [3.05, 3.63) is 125 Å². The van der Waals surface area contributed by atoms with E-state index in [0.29, 0.717) is 75.7 Å². The van der Waals surface area contributed by atoms with Crippen molar-refractivity contribution < 1.29 is 37.0 Å². The van der Waals surface area contributed by atoms with Gasteiger partial charge in [-0.15, -0.1) is 0 Å². The lowest BCUT2D eigenvalue weighted by atomic mass is 9.84. The van der Waals surface area contributed by atoms with Crippen LogP contribution in [0.25, 0.3) is 32.7 Å². The number of aromatic nitrogens is 4. The zero-order valence-corrected chi connectivity index (χ0v) is 42.4. The molecule has 72 heavy (non-hydrogen) atoms. The topological polar surface area (TPSA) is 144 Å². The molecule has 2 amide bonds. The van der Waals surface area contributed by atoms with Crippen LogP contribution in [0.4, 0.5) is 13.2 Å². The van der Waals surface area contributed by atoms with Gasteiger partial charge >= 0.3 is 12.1 Å². The van der Waals surface area contributed by atoms with Crippen molar-refractivity contribution in [3.8, 4) is 21.8 Å². The highest BCUT2D eigenvalue weighted by atomic mass is 32.1. The summed E-state index contributed by atoms with van der Waals surface area (Å²) in [4.78, 5) is 54.9. The van der Waals surface area contributed by atoms with Crippen molar-refractivity contribution in [2.75, 3.05) is 32.8 Å². The molecule has 3 atom stereocenters. The van der Waals surface area contributed by atoms with Crippen molar-refractivity contribution >= 4 is 40.2 Å². The van der Waals surface area contributed by atoms with E-state index >= 15 is 0 Å². The molecule has 0 saturated carbocycles. The van der Waals surface area contributed by atoms with Gasteiger partial charge in [0.15, 0.2) is 0 Å². The number of cyclic esters (lactones) is 1. The molecule has 6 aromatic rings. The number of hydrogen-bond donors (Lipinski definition) is 2. The van der Waals surface area contributed by atoms with Crippen LogP contribution in [0.5, 0.6) is 0 Å². The average molecular weight is 1010 g/mol. The van der Waals surface area contributed by atoms with Crippen molar-refractivity contribution in [1.29, 1.82) is 0 Å². The molecule has 3 aliphatic heterocycles. The van der Waals surface area contributed by atoms with Gasteiger partial charge in [0.05, 0.1) is 42.7 Å². The average Bonchev–Trinajstić information content (AvgIpc) is 3.93. The number of benzene rings is 3. The Morgan fingerprint density at radius 1 is 0.972 bits per heavy atom. The number of hydrogen-bond acceptors (Lipinski definition) is 11. The van der Waals surface area contributed by atoms with Crippen molar-refractivity contribution in [3.63, 3.8) is 0 Å². The van der Waals surface area contributed by atoms with Crippen LogP contribution in [0.3, 0.4) is 0 Å². The Labute approximate surface area is 422 Å². The summed E-state index contributed by atoms with van der Waals surface area (Å²) in [5.74, 6) is -1.91. The van der Waals surface area contributed by atoms with Crippen LogP contribution in [-0.2, 0) is 43.2 Å². The summed E-state index contributed by atoms with van der Waals surface area (Å²) in [6, 6.07) is 27.6. The summed E-state index contributed by atoms with van der Waals surface area (Å²) in [6.45, 7) is 12.2. The van der Waals surface area contributed by atoms with E-state index in [1.165, 1.54) is 20.7 Å². The van der Waals surface area contributed by atoms with E-state index in [2.05, 4.69) is 49.3 Å². The second kappa shape index (κ2) is 21.2. The molecule has 3 aromatic carbocycles. The molecule has 2 saturated heterocycles. The van der Waals surface area contributed by atoms with Crippen LogP contribution in [0.15, 0.2) is 97.2 Å². The fraction of sp³-hybridized carbons (Fsp3) is 0.455. The Hall–Kier alpha value is -6.01. The monoisotopic (exact) mass is 1000 g/mol. The van der Waals surface area contributed by atoms with Crippen molar-refractivity contribution in [1.82, 2.24) is 39.6 Å². The van der Waals surface area contributed by atoms with Crippen molar-refractivity contribution in [2.24, 2.45) is 17.3 Å². The summed E-state index contributed by atoms with van der Waals surface area (Å²) in [5, 5.41) is 5.53. The zero-order valence-electron chi connectivity index (χ0n) is 41.6. The molecule has 0 unspecified atom stereocenters. The number of nitrogens with zero attached hydrogens (tertiary/aromatic N) is 6. The Bertz CT molecular complexity index is 2840. The minimum absolute atomic E-state index is 0.0518. The van der Waals surface area contributed by atoms with E-state index in [4.69, 9.17) is 14.5 Å². The number of alkyl halides is 3. The van der Waals surface area contributed by atoms with E-state index in [1.807, 2.05) is 90.1 Å². The lowest BCUT2D eigenvalue weighted by molar-refractivity contribution is -0.155. The first-order valence-electron chi connectivity index (χ1n) is 24.9. The number of amides is 2. The van der Waals surface area contributed by atoms with E-state index < -0.39 is 48.0 Å². The first-order valence-corrected chi connectivity index (χ1v) is 25.7. The van der Waals surface area contributed by atoms with Gasteiger partial charge in [0.1, 0.15) is 29.5 Å². The summed E-state index contributed by atoms with van der Waals surface area (Å²) in [7, 11) is 0. The van der Waals surface area contributed by atoms with Crippen LogP contribution in [0, 0.1) is 17.3 Å². The van der Waals surface area contributed by atoms with Gasteiger partial charge in [-0.1, -0.05) is 102 Å². The largest absolute Gasteiger partial charge is 0.464 e. The van der Waals surface area contributed by atoms with Gasteiger partial charge in [0.25, 0.3) is 5.91 Å². The number of pyridine rings is 1. The second-order valence-corrected chi connectivity index (χ2v) is 21.6.